The van der Waals surface area contributed by atoms with Crippen LogP contribution in [0.3, 0.4) is 0 Å². The third kappa shape index (κ3) is 5.60. The van der Waals surface area contributed by atoms with Crippen LogP contribution in [0.4, 0.5) is 0 Å². The molecular weight excluding hydrogens is 284 g/mol. The number of pyridine rings is 1. The van der Waals surface area contributed by atoms with Crippen LogP contribution in [0.2, 0.25) is 0 Å². The van der Waals surface area contributed by atoms with Gasteiger partial charge in [0.05, 0.1) is 30.1 Å². The highest BCUT2D eigenvalue weighted by molar-refractivity contribution is 5.60. The summed E-state index contributed by atoms with van der Waals surface area (Å²) in [5, 5.41) is 8.81. The second-order valence-electron chi connectivity index (χ2n) is 5.32. The molecule has 0 aliphatic heterocycles. The maximum atomic E-state index is 8.81. The summed E-state index contributed by atoms with van der Waals surface area (Å²) in [4.78, 5) is 4.42. The van der Waals surface area contributed by atoms with Gasteiger partial charge in [-0.3, -0.25) is 4.98 Å². The van der Waals surface area contributed by atoms with Gasteiger partial charge in [-0.25, -0.2) is 0 Å². The van der Waals surface area contributed by atoms with Crippen molar-refractivity contribution in [2.45, 2.75) is 32.6 Å². The van der Waals surface area contributed by atoms with Gasteiger partial charge < -0.3 is 4.74 Å². The van der Waals surface area contributed by atoms with Gasteiger partial charge in [-0.15, -0.1) is 0 Å². The number of hydrogen-bond donors (Lipinski definition) is 0. The van der Waals surface area contributed by atoms with Gasteiger partial charge >= 0.3 is 0 Å². The van der Waals surface area contributed by atoms with Crippen LogP contribution in [-0.2, 0) is 0 Å². The molecule has 1 aromatic carbocycles. The summed E-state index contributed by atoms with van der Waals surface area (Å²) in [6.45, 7) is 2.87. The fourth-order valence-electron chi connectivity index (χ4n) is 2.15. The van der Waals surface area contributed by atoms with Gasteiger partial charge in [0.15, 0.2) is 0 Å². The molecule has 0 bridgehead atoms. The van der Waals surface area contributed by atoms with Gasteiger partial charge in [0.2, 0.25) is 0 Å². The highest BCUT2D eigenvalue weighted by atomic mass is 16.5. The normalized spacial score (nSPS) is 10.6. The van der Waals surface area contributed by atoms with Gasteiger partial charge in [-0.05, 0) is 37.1 Å². The summed E-state index contributed by atoms with van der Waals surface area (Å²) < 4.78 is 5.68. The second-order valence-corrected chi connectivity index (χ2v) is 5.32. The third-order valence-corrected chi connectivity index (χ3v) is 3.49. The highest BCUT2D eigenvalue weighted by Gasteiger charge is 2.00. The summed E-state index contributed by atoms with van der Waals surface area (Å²) in [6.07, 6.45) is 10.7. The largest absolute Gasteiger partial charge is 0.492 e. The predicted molar refractivity (Wildman–Crippen MR) is 93.2 cm³/mol. The number of benzene rings is 1. The number of allylic oxidation sites excluding steroid dienone is 1. The Morgan fingerprint density at radius 2 is 1.87 bits per heavy atom. The molecule has 2 aromatic rings. The molecule has 1 heterocycles. The molecule has 0 fully saturated rings. The number of unbranched alkanes of at least 4 members (excludes halogenated alkanes) is 2. The number of ether oxygens (including phenoxy) is 1. The second kappa shape index (κ2) is 9.42. The molecule has 1 aromatic heterocycles. The first kappa shape index (κ1) is 16.8. The lowest BCUT2D eigenvalue weighted by Crippen LogP contribution is -1.96. The lowest BCUT2D eigenvalue weighted by Gasteiger charge is -2.05. The minimum absolute atomic E-state index is 0.653. The fourth-order valence-corrected chi connectivity index (χ4v) is 2.15. The Morgan fingerprint density at radius 3 is 2.52 bits per heavy atom. The number of aromatic nitrogens is 1. The summed E-state index contributed by atoms with van der Waals surface area (Å²) in [5.74, 6) is 0.782. The lowest BCUT2D eigenvalue weighted by atomic mass is 10.1. The summed E-state index contributed by atoms with van der Waals surface area (Å²) >= 11 is 0. The summed E-state index contributed by atoms with van der Waals surface area (Å²) in [7, 11) is 0. The van der Waals surface area contributed by atoms with E-state index in [1.165, 1.54) is 12.8 Å². The average molecular weight is 306 g/mol. The molecule has 0 atom stereocenters. The summed E-state index contributed by atoms with van der Waals surface area (Å²) in [6, 6.07) is 13.4. The Bertz CT molecular complexity index is 652. The Labute approximate surface area is 138 Å². The minimum atomic E-state index is 0.653. The van der Waals surface area contributed by atoms with Gasteiger partial charge in [0, 0.05) is 5.56 Å². The summed E-state index contributed by atoms with van der Waals surface area (Å²) in [5.41, 5.74) is 2.52. The molecule has 118 valence electrons. The quantitative estimate of drug-likeness (QED) is 0.501. The van der Waals surface area contributed by atoms with Crippen molar-refractivity contribution >= 4 is 0 Å². The van der Waals surface area contributed by atoms with Crippen molar-refractivity contribution < 1.29 is 4.74 Å². The van der Waals surface area contributed by atoms with Crippen LogP contribution >= 0.6 is 0 Å². The van der Waals surface area contributed by atoms with Crippen LogP contribution in [0.5, 0.6) is 5.75 Å². The predicted octanol–water partition coefficient (Wildman–Crippen LogP) is 5.14. The Hall–Kier alpha value is -2.60. The van der Waals surface area contributed by atoms with Crippen LogP contribution < -0.4 is 4.74 Å². The number of hydrogen-bond acceptors (Lipinski definition) is 3. The molecule has 0 aliphatic carbocycles. The van der Waals surface area contributed by atoms with Crippen molar-refractivity contribution in [1.82, 2.24) is 4.98 Å². The number of rotatable bonds is 8. The maximum absolute atomic E-state index is 8.81. The maximum Gasteiger partial charge on any atom is 0.137 e. The minimum Gasteiger partial charge on any atom is -0.492 e. The van der Waals surface area contributed by atoms with Crippen molar-refractivity contribution in [3.8, 4) is 23.1 Å². The van der Waals surface area contributed by atoms with Crippen molar-refractivity contribution in [1.29, 1.82) is 5.26 Å². The molecule has 0 aliphatic rings. The molecule has 0 spiro atoms. The van der Waals surface area contributed by atoms with E-state index in [4.69, 9.17) is 10.00 Å². The van der Waals surface area contributed by atoms with Gasteiger partial charge in [0.25, 0.3) is 0 Å². The molecule has 0 radical (unpaired) electrons. The van der Waals surface area contributed by atoms with E-state index in [0.29, 0.717) is 12.2 Å². The van der Waals surface area contributed by atoms with E-state index >= 15 is 0 Å². The van der Waals surface area contributed by atoms with Crippen molar-refractivity contribution in [2.24, 2.45) is 0 Å². The number of nitriles is 1. The zero-order valence-corrected chi connectivity index (χ0v) is 13.5. The molecule has 0 amide bonds. The Morgan fingerprint density at radius 1 is 1.09 bits per heavy atom. The zero-order chi connectivity index (χ0) is 16.3. The average Bonchev–Trinajstić information content (AvgIpc) is 2.61. The third-order valence-electron chi connectivity index (χ3n) is 3.49. The molecule has 2 rings (SSSR count). The molecule has 0 saturated heterocycles. The monoisotopic (exact) mass is 306 g/mol. The van der Waals surface area contributed by atoms with Crippen LogP contribution in [0.25, 0.3) is 11.3 Å². The van der Waals surface area contributed by atoms with E-state index in [9.17, 15) is 0 Å². The van der Waals surface area contributed by atoms with E-state index in [1.807, 2.05) is 24.3 Å². The van der Waals surface area contributed by atoms with E-state index in [0.717, 1.165) is 29.8 Å². The lowest BCUT2D eigenvalue weighted by molar-refractivity contribution is 0.323. The van der Waals surface area contributed by atoms with Crippen molar-refractivity contribution in [2.75, 3.05) is 6.61 Å². The first-order valence-electron chi connectivity index (χ1n) is 8.08. The van der Waals surface area contributed by atoms with Crippen LogP contribution in [0, 0.1) is 11.3 Å². The Kier molecular flexibility index (Phi) is 6.87. The Balaban J connectivity index is 1.82. The zero-order valence-electron chi connectivity index (χ0n) is 13.5. The molecule has 0 N–H and O–H groups in total. The topological polar surface area (TPSA) is 45.9 Å². The smallest absolute Gasteiger partial charge is 0.137 e. The molecule has 0 unspecified atom stereocenters. The van der Waals surface area contributed by atoms with Gasteiger partial charge in [0.1, 0.15) is 5.75 Å². The molecule has 3 nitrogen and oxygen atoms in total. The standard InChI is InChI=1S/C20H22N2O/c1-2-3-4-5-6-7-14-23-19-12-13-20(22-16-19)18-10-8-17(15-21)9-11-18/h5-6,8-13,16H,2-4,7,14H2,1H3/b6-5-. The first-order chi connectivity index (χ1) is 11.3. The van der Waals surface area contributed by atoms with Gasteiger partial charge in [-0.1, -0.05) is 44.1 Å². The molecule has 23 heavy (non-hydrogen) atoms. The fraction of sp³-hybridized carbons (Fsp3) is 0.300. The molecule has 0 saturated carbocycles. The highest BCUT2D eigenvalue weighted by Crippen LogP contribution is 2.20. The van der Waals surface area contributed by atoms with Gasteiger partial charge in [-0.2, -0.15) is 5.26 Å². The molecule has 3 heteroatoms. The van der Waals surface area contributed by atoms with Crippen molar-refractivity contribution in [3.63, 3.8) is 0 Å². The SMILES string of the molecule is CCCC/C=C\CCOc1ccc(-c2ccc(C#N)cc2)nc1. The van der Waals surface area contributed by atoms with Crippen LogP contribution in [-0.4, -0.2) is 11.6 Å². The van der Waals surface area contributed by atoms with E-state index in [-0.39, 0.29) is 0 Å². The number of nitrogens with zero attached hydrogens (tertiary/aromatic N) is 2. The molecular formula is C20H22N2O. The van der Waals surface area contributed by atoms with E-state index in [2.05, 4.69) is 30.1 Å². The van der Waals surface area contributed by atoms with Crippen molar-refractivity contribution in [3.05, 3.63) is 60.3 Å². The van der Waals surface area contributed by atoms with E-state index in [1.54, 1.807) is 18.3 Å². The van der Waals surface area contributed by atoms with E-state index < -0.39 is 0 Å². The van der Waals surface area contributed by atoms with Crippen LogP contribution in [0.15, 0.2) is 54.7 Å². The first-order valence-corrected chi connectivity index (χ1v) is 8.08. The van der Waals surface area contributed by atoms with Crippen LogP contribution in [0.1, 0.15) is 38.2 Å².